The molecule has 3 rings (SSSR count). The maximum atomic E-state index is 12.6. The van der Waals surface area contributed by atoms with Gasteiger partial charge in [0.1, 0.15) is 5.60 Å². The molecule has 1 aliphatic heterocycles. The first-order valence-corrected chi connectivity index (χ1v) is 10.5. The van der Waals surface area contributed by atoms with Gasteiger partial charge >= 0.3 is 18.2 Å². The van der Waals surface area contributed by atoms with Gasteiger partial charge in [-0.25, -0.2) is 4.79 Å². The van der Waals surface area contributed by atoms with E-state index in [4.69, 9.17) is 4.74 Å². The van der Waals surface area contributed by atoms with Crippen LogP contribution >= 0.6 is 0 Å². The van der Waals surface area contributed by atoms with E-state index in [9.17, 15) is 27.6 Å². The number of alkyl halides is 3. The molecule has 1 fully saturated rings. The quantitative estimate of drug-likeness (QED) is 0.602. The number of Topliss-reactive ketones (excluding diaryl/α,β-unsaturated/α-hetero) is 1. The van der Waals surface area contributed by atoms with Gasteiger partial charge in [-0.2, -0.15) is 18.2 Å². The minimum Gasteiger partial charge on any atom is -0.444 e. The summed E-state index contributed by atoms with van der Waals surface area (Å²) in [6.07, 6.45) is -4.88. The summed E-state index contributed by atoms with van der Waals surface area (Å²) in [5, 5.41) is 3.31. The van der Waals surface area contributed by atoms with Gasteiger partial charge in [-0.05, 0) is 32.8 Å². The molecule has 0 spiro atoms. The number of ketones is 1. The third kappa shape index (κ3) is 6.12. The number of likely N-dealkylation sites (N-methyl/N-ethyl adjacent to an activating group) is 1. The average Bonchev–Trinajstić information content (AvgIpc) is 3.42. The highest BCUT2D eigenvalue weighted by molar-refractivity contribution is 6.36. The topological polar surface area (TPSA) is 106 Å². The molecule has 1 atom stereocenters. The van der Waals surface area contributed by atoms with Crippen molar-refractivity contribution in [3.63, 3.8) is 0 Å². The lowest BCUT2D eigenvalue weighted by Gasteiger charge is -2.26. The van der Waals surface area contributed by atoms with Crippen LogP contribution in [0.4, 0.5) is 18.0 Å². The molecule has 34 heavy (non-hydrogen) atoms. The molecule has 0 bridgehead atoms. The van der Waals surface area contributed by atoms with Crippen LogP contribution in [0.15, 0.2) is 28.8 Å². The molecule has 0 N–H and O–H groups in total. The fourth-order valence-electron chi connectivity index (χ4n) is 3.40. The summed E-state index contributed by atoms with van der Waals surface area (Å²) in [7, 11) is 1.51. The van der Waals surface area contributed by atoms with Gasteiger partial charge in [0, 0.05) is 32.1 Å². The fourth-order valence-corrected chi connectivity index (χ4v) is 3.40. The van der Waals surface area contributed by atoms with E-state index in [1.807, 2.05) is 0 Å². The summed E-state index contributed by atoms with van der Waals surface area (Å²) in [4.78, 5) is 43.5. The molecule has 2 heterocycles. The van der Waals surface area contributed by atoms with E-state index >= 15 is 0 Å². The Labute approximate surface area is 193 Å². The van der Waals surface area contributed by atoms with Crippen LogP contribution in [0.5, 0.6) is 0 Å². The molecule has 12 heteroatoms. The summed E-state index contributed by atoms with van der Waals surface area (Å²) in [5.41, 5.74) is 0.135. The molecule has 0 saturated carbocycles. The molecule has 2 amide bonds. The van der Waals surface area contributed by atoms with Crippen LogP contribution in [0.3, 0.4) is 0 Å². The number of hydrogen-bond acceptors (Lipinski definition) is 7. The van der Waals surface area contributed by atoms with Gasteiger partial charge in [0.25, 0.3) is 5.91 Å². The Hall–Kier alpha value is -3.44. The Bertz CT molecular complexity index is 1060. The minimum atomic E-state index is -4.74. The first-order valence-electron chi connectivity index (χ1n) is 10.5. The van der Waals surface area contributed by atoms with Crippen LogP contribution in [0, 0.1) is 0 Å². The molecular formula is C22H25F3N4O5. The van der Waals surface area contributed by atoms with Crippen LogP contribution in [-0.4, -0.2) is 69.5 Å². The number of carbonyl (C=O) groups is 3. The summed E-state index contributed by atoms with van der Waals surface area (Å²) in [6.45, 7) is 5.98. The second kappa shape index (κ2) is 9.43. The second-order valence-corrected chi connectivity index (χ2v) is 9.00. The van der Waals surface area contributed by atoms with Crippen LogP contribution < -0.4 is 0 Å². The van der Waals surface area contributed by atoms with Crippen molar-refractivity contribution in [3.8, 4) is 11.4 Å². The minimum absolute atomic E-state index is 0.188. The largest absolute Gasteiger partial charge is 0.471 e. The number of halogens is 3. The number of nitrogens with zero attached hydrogens (tertiary/aromatic N) is 4. The number of rotatable bonds is 5. The molecule has 0 radical (unpaired) electrons. The van der Waals surface area contributed by atoms with E-state index in [-0.39, 0.29) is 30.4 Å². The van der Waals surface area contributed by atoms with Gasteiger partial charge in [0.2, 0.25) is 11.6 Å². The lowest BCUT2D eigenvalue weighted by atomic mass is 10.1. The molecule has 1 unspecified atom stereocenters. The van der Waals surface area contributed by atoms with Crippen molar-refractivity contribution in [1.82, 2.24) is 19.9 Å². The first kappa shape index (κ1) is 25.2. The Morgan fingerprint density at radius 1 is 1.18 bits per heavy atom. The van der Waals surface area contributed by atoms with Crippen molar-refractivity contribution < 1.29 is 36.8 Å². The van der Waals surface area contributed by atoms with Crippen LogP contribution in [0.1, 0.15) is 38.6 Å². The van der Waals surface area contributed by atoms with Gasteiger partial charge in [0.05, 0.1) is 6.04 Å². The van der Waals surface area contributed by atoms with E-state index in [1.54, 1.807) is 20.8 Å². The van der Waals surface area contributed by atoms with Crippen molar-refractivity contribution >= 4 is 17.8 Å². The highest BCUT2D eigenvalue weighted by atomic mass is 19.4. The van der Waals surface area contributed by atoms with Crippen molar-refractivity contribution in [1.29, 1.82) is 0 Å². The Balaban J connectivity index is 1.56. The van der Waals surface area contributed by atoms with Crippen molar-refractivity contribution in [2.45, 2.75) is 51.4 Å². The number of aromatic nitrogens is 2. The number of carbonyl (C=O) groups excluding carboxylic acids is 3. The SMILES string of the molecule is CN(C(=O)C(=O)Cc1ccc(-c2noc(C(F)(F)F)n2)cc1)C1CCN(C(=O)OC(C)(C)C)C1. The molecule has 9 nitrogen and oxygen atoms in total. The monoisotopic (exact) mass is 482 g/mol. The smallest absolute Gasteiger partial charge is 0.444 e. The predicted molar refractivity (Wildman–Crippen MR) is 112 cm³/mol. The van der Waals surface area contributed by atoms with Crippen molar-refractivity contribution in [3.05, 3.63) is 35.7 Å². The number of benzene rings is 1. The van der Waals surface area contributed by atoms with Gasteiger partial charge in [-0.15, -0.1) is 0 Å². The second-order valence-electron chi connectivity index (χ2n) is 9.00. The molecule has 2 aromatic rings. The zero-order valence-electron chi connectivity index (χ0n) is 19.2. The van der Waals surface area contributed by atoms with Crippen molar-refractivity contribution in [2.75, 3.05) is 20.1 Å². The van der Waals surface area contributed by atoms with E-state index < -0.39 is 35.5 Å². The predicted octanol–water partition coefficient (Wildman–Crippen LogP) is 3.33. The maximum absolute atomic E-state index is 12.6. The number of hydrogen-bond donors (Lipinski definition) is 0. The number of amides is 2. The number of likely N-dealkylation sites (tertiary alicyclic amines) is 1. The summed E-state index contributed by atoms with van der Waals surface area (Å²) in [5.74, 6) is -3.03. The lowest BCUT2D eigenvalue weighted by molar-refractivity contribution is -0.159. The van der Waals surface area contributed by atoms with E-state index in [1.165, 1.54) is 41.1 Å². The molecule has 1 aromatic heterocycles. The van der Waals surface area contributed by atoms with E-state index in [0.29, 0.717) is 18.5 Å². The van der Waals surface area contributed by atoms with Crippen LogP contribution in [0.2, 0.25) is 0 Å². The number of ether oxygens (including phenoxy) is 1. The summed E-state index contributed by atoms with van der Waals surface area (Å²) >= 11 is 0. The van der Waals surface area contributed by atoms with Gasteiger partial charge in [0.15, 0.2) is 0 Å². The zero-order chi connectivity index (χ0) is 25.3. The van der Waals surface area contributed by atoms with Crippen LogP contribution in [0.25, 0.3) is 11.4 Å². The standard InChI is InChI=1S/C22H25F3N4O5/c1-21(2,3)33-20(32)29-10-9-15(12-29)28(4)18(31)16(30)11-13-5-7-14(8-6-13)17-26-19(34-27-17)22(23,24)25/h5-8,15H,9-12H2,1-4H3. The molecule has 0 aliphatic carbocycles. The third-order valence-electron chi connectivity index (χ3n) is 5.17. The molecular weight excluding hydrogens is 457 g/mol. The molecule has 1 saturated heterocycles. The zero-order valence-corrected chi connectivity index (χ0v) is 19.2. The summed E-state index contributed by atoms with van der Waals surface area (Å²) < 4.78 is 47.4. The van der Waals surface area contributed by atoms with Crippen LogP contribution in [-0.2, 0) is 26.9 Å². The third-order valence-corrected chi connectivity index (χ3v) is 5.17. The van der Waals surface area contributed by atoms with Crippen molar-refractivity contribution in [2.24, 2.45) is 0 Å². The van der Waals surface area contributed by atoms with Gasteiger partial charge < -0.3 is 19.1 Å². The Morgan fingerprint density at radius 3 is 2.38 bits per heavy atom. The Kier molecular flexibility index (Phi) is 6.99. The molecule has 1 aliphatic rings. The first-order chi connectivity index (χ1) is 15.7. The lowest BCUT2D eigenvalue weighted by Crippen LogP contribution is -2.44. The Morgan fingerprint density at radius 2 is 1.82 bits per heavy atom. The highest BCUT2D eigenvalue weighted by Gasteiger charge is 2.38. The van der Waals surface area contributed by atoms with E-state index in [0.717, 1.165) is 0 Å². The molecule has 1 aromatic carbocycles. The maximum Gasteiger partial charge on any atom is 0.471 e. The van der Waals surface area contributed by atoms with Gasteiger partial charge in [-0.1, -0.05) is 29.4 Å². The highest BCUT2D eigenvalue weighted by Crippen LogP contribution is 2.29. The van der Waals surface area contributed by atoms with Gasteiger partial charge in [-0.3, -0.25) is 9.59 Å². The summed E-state index contributed by atoms with van der Waals surface area (Å²) in [6, 6.07) is 5.58. The fraction of sp³-hybridized carbons (Fsp3) is 0.500. The normalized spacial score (nSPS) is 16.4. The average molecular weight is 482 g/mol. The molecule has 184 valence electrons. The van der Waals surface area contributed by atoms with E-state index in [2.05, 4.69) is 14.7 Å².